The lowest BCUT2D eigenvalue weighted by atomic mass is 10.0. The molecule has 0 aliphatic rings. The maximum Gasteiger partial charge on any atom is 0.279 e. The quantitative estimate of drug-likeness (QED) is 0.482. The molecule has 6 heteroatoms. The zero-order valence-corrected chi connectivity index (χ0v) is 18.3. The SMILES string of the molecule is CCC[NH+](CC(=O)Nc1ccccc1OC)Cc1c(O)ccc2cc(Br)ccc12. The number of methoxy groups -OCH3 is 1. The van der Waals surface area contributed by atoms with Crippen molar-refractivity contribution in [3.8, 4) is 11.5 Å². The van der Waals surface area contributed by atoms with Crippen LogP contribution in [0.1, 0.15) is 18.9 Å². The number of phenols is 1. The first kappa shape index (κ1) is 21.1. The molecule has 3 aromatic carbocycles. The number of halogens is 1. The van der Waals surface area contributed by atoms with Gasteiger partial charge in [-0.3, -0.25) is 4.79 Å². The molecule has 29 heavy (non-hydrogen) atoms. The predicted molar refractivity (Wildman–Crippen MR) is 120 cm³/mol. The number of nitrogens with one attached hydrogen (secondary N) is 2. The molecule has 0 radical (unpaired) electrons. The number of carbonyl (C=O) groups excluding carboxylic acids is 1. The van der Waals surface area contributed by atoms with E-state index in [1.165, 1.54) is 0 Å². The van der Waals surface area contributed by atoms with Crippen molar-refractivity contribution >= 4 is 38.3 Å². The Bertz CT molecular complexity index is 1010. The van der Waals surface area contributed by atoms with E-state index in [1.807, 2.05) is 48.5 Å². The van der Waals surface area contributed by atoms with Gasteiger partial charge in [-0.25, -0.2) is 0 Å². The van der Waals surface area contributed by atoms with Crippen LogP contribution in [0.4, 0.5) is 5.69 Å². The number of phenolic OH excluding ortho intramolecular Hbond substituents is 1. The number of aromatic hydroxyl groups is 1. The van der Waals surface area contributed by atoms with Crippen molar-refractivity contribution in [2.75, 3.05) is 25.5 Å². The number of amides is 1. The summed E-state index contributed by atoms with van der Waals surface area (Å²) in [5, 5.41) is 15.5. The summed E-state index contributed by atoms with van der Waals surface area (Å²) in [6.45, 7) is 3.79. The lowest BCUT2D eigenvalue weighted by Gasteiger charge is -2.20. The van der Waals surface area contributed by atoms with Crippen LogP contribution in [-0.2, 0) is 11.3 Å². The highest BCUT2D eigenvalue weighted by Crippen LogP contribution is 2.29. The van der Waals surface area contributed by atoms with Crippen LogP contribution in [0.3, 0.4) is 0 Å². The fraction of sp³-hybridized carbons (Fsp3) is 0.261. The molecule has 152 valence electrons. The highest BCUT2D eigenvalue weighted by molar-refractivity contribution is 9.10. The molecular weight excluding hydrogens is 432 g/mol. The molecule has 0 saturated heterocycles. The van der Waals surface area contributed by atoms with E-state index in [-0.39, 0.29) is 11.7 Å². The normalized spacial score (nSPS) is 12.0. The van der Waals surface area contributed by atoms with Gasteiger partial charge >= 0.3 is 0 Å². The lowest BCUT2D eigenvalue weighted by Crippen LogP contribution is -3.11. The summed E-state index contributed by atoms with van der Waals surface area (Å²) in [4.78, 5) is 13.8. The molecule has 3 rings (SSSR count). The van der Waals surface area contributed by atoms with Gasteiger partial charge in [0.25, 0.3) is 5.91 Å². The average molecular weight is 458 g/mol. The van der Waals surface area contributed by atoms with Crippen LogP contribution in [0.25, 0.3) is 10.8 Å². The van der Waals surface area contributed by atoms with Crippen molar-refractivity contribution in [2.24, 2.45) is 0 Å². The summed E-state index contributed by atoms with van der Waals surface area (Å²) in [5.41, 5.74) is 1.53. The zero-order valence-electron chi connectivity index (χ0n) is 16.7. The highest BCUT2D eigenvalue weighted by Gasteiger charge is 2.19. The Hall–Kier alpha value is -2.57. The third-order valence-corrected chi connectivity index (χ3v) is 5.38. The third kappa shape index (κ3) is 5.28. The van der Waals surface area contributed by atoms with Crippen LogP contribution in [-0.4, -0.2) is 31.2 Å². The molecule has 1 unspecified atom stereocenters. The van der Waals surface area contributed by atoms with E-state index < -0.39 is 0 Å². The Labute approximate surface area is 179 Å². The van der Waals surface area contributed by atoms with E-state index in [9.17, 15) is 9.90 Å². The standard InChI is InChI=1S/C23H25BrN2O3/c1-3-12-26(15-23(28)25-20-6-4-5-7-22(20)29-2)14-19-18-10-9-17(24)13-16(18)8-11-21(19)27/h4-11,13,27H,3,12,14-15H2,1-2H3,(H,25,28)/p+1. The largest absolute Gasteiger partial charge is 0.507 e. The van der Waals surface area contributed by atoms with E-state index in [0.29, 0.717) is 24.5 Å². The van der Waals surface area contributed by atoms with Crippen molar-refractivity contribution < 1.29 is 19.5 Å². The maximum atomic E-state index is 12.7. The van der Waals surface area contributed by atoms with Crippen LogP contribution < -0.4 is 15.0 Å². The molecule has 0 saturated carbocycles. The van der Waals surface area contributed by atoms with E-state index in [4.69, 9.17) is 4.74 Å². The fourth-order valence-electron chi connectivity index (χ4n) is 3.55. The van der Waals surface area contributed by atoms with E-state index in [0.717, 1.165) is 38.7 Å². The first-order valence-corrected chi connectivity index (χ1v) is 10.5. The van der Waals surface area contributed by atoms with Gasteiger partial charge in [0, 0.05) is 4.47 Å². The van der Waals surface area contributed by atoms with Gasteiger partial charge in [0.15, 0.2) is 6.54 Å². The number of para-hydroxylation sites is 2. The van der Waals surface area contributed by atoms with Gasteiger partial charge in [0.2, 0.25) is 0 Å². The second-order valence-electron chi connectivity index (χ2n) is 7.03. The molecule has 3 N–H and O–H groups in total. The van der Waals surface area contributed by atoms with Crippen molar-refractivity contribution in [3.63, 3.8) is 0 Å². The van der Waals surface area contributed by atoms with E-state index >= 15 is 0 Å². The van der Waals surface area contributed by atoms with Gasteiger partial charge in [-0.2, -0.15) is 0 Å². The van der Waals surface area contributed by atoms with Crippen molar-refractivity contribution in [3.05, 3.63) is 64.6 Å². The minimum absolute atomic E-state index is 0.0829. The van der Waals surface area contributed by atoms with Gasteiger partial charge < -0.3 is 20.1 Å². The molecular formula is C23H26BrN2O3+. The number of ether oxygens (including phenoxy) is 1. The molecule has 0 aliphatic carbocycles. The molecule has 0 bridgehead atoms. The van der Waals surface area contributed by atoms with Gasteiger partial charge in [-0.15, -0.1) is 0 Å². The molecule has 0 aromatic heterocycles. The Kier molecular flexibility index (Phi) is 7.12. The van der Waals surface area contributed by atoms with Gasteiger partial charge in [-0.05, 0) is 47.5 Å². The van der Waals surface area contributed by atoms with E-state index in [2.05, 4.69) is 28.2 Å². The summed E-state index contributed by atoms with van der Waals surface area (Å²) in [6, 6.07) is 17.0. The molecule has 3 aromatic rings. The summed E-state index contributed by atoms with van der Waals surface area (Å²) in [5.74, 6) is 0.814. The topological polar surface area (TPSA) is 63.0 Å². The van der Waals surface area contributed by atoms with Crippen LogP contribution in [0.2, 0.25) is 0 Å². The number of hydrogen-bond donors (Lipinski definition) is 3. The van der Waals surface area contributed by atoms with Crippen molar-refractivity contribution in [1.82, 2.24) is 0 Å². The summed E-state index contributed by atoms with van der Waals surface area (Å²) >= 11 is 3.50. The zero-order chi connectivity index (χ0) is 20.8. The number of carbonyl (C=O) groups is 1. The Morgan fingerprint density at radius 1 is 1.17 bits per heavy atom. The number of quaternary nitrogens is 1. The summed E-state index contributed by atoms with van der Waals surface area (Å²) in [7, 11) is 1.58. The smallest absolute Gasteiger partial charge is 0.279 e. The van der Waals surface area contributed by atoms with Crippen LogP contribution in [0, 0.1) is 0 Å². The summed E-state index contributed by atoms with van der Waals surface area (Å²) in [6.07, 6.45) is 0.939. The number of hydrogen-bond acceptors (Lipinski definition) is 3. The monoisotopic (exact) mass is 457 g/mol. The molecule has 5 nitrogen and oxygen atoms in total. The predicted octanol–water partition coefficient (Wildman–Crippen LogP) is 3.75. The lowest BCUT2D eigenvalue weighted by molar-refractivity contribution is -0.905. The number of rotatable bonds is 8. The van der Waals surface area contributed by atoms with Gasteiger partial charge in [-0.1, -0.05) is 47.1 Å². The van der Waals surface area contributed by atoms with Crippen LogP contribution >= 0.6 is 15.9 Å². The Morgan fingerprint density at radius 3 is 2.72 bits per heavy atom. The Morgan fingerprint density at radius 2 is 1.97 bits per heavy atom. The second-order valence-corrected chi connectivity index (χ2v) is 7.95. The molecule has 1 atom stereocenters. The third-order valence-electron chi connectivity index (χ3n) is 4.89. The van der Waals surface area contributed by atoms with Crippen LogP contribution in [0.5, 0.6) is 11.5 Å². The minimum Gasteiger partial charge on any atom is -0.507 e. The molecule has 0 heterocycles. The van der Waals surface area contributed by atoms with Gasteiger partial charge in [0.1, 0.15) is 18.0 Å². The minimum atomic E-state index is -0.0829. The average Bonchev–Trinajstić information content (AvgIpc) is 2.70. The molecule has 0 aliphatic heterocycles. The Balaban J connectivity index is 1.79. The number of benzene rings is 3. The van der Waals surface area contributed by atoms with Crippen molar-refractivity contribution in [1.29, 1.82) is 0 Å². The molecule has 0 fully saturated rings. The van der Waals surface area contributed by atoms with Gasteiger partial charge in [0.05, 0.1) is 24.9 Å². The molecule has 0 spiro atoms. The maximum absolute atomic E-state index is 12.7. The highest BCUT2D eigenvalue weighted by atomic mass is 79.9. The number of anilines is 1. The first-order valence-electron chi connectivity index (χ1n) is 9.68. The summed E-state index contributed by atoms with van der Waals surface area (Å²) < 4.78 is 6.31. The number of fused-ring (bicyclic) bond motifs is 1. The van der Waals surface area contributed by atoms with E-state index in [1.54, 1.807) is 13.2 Å². The van der Waals surface area contributed by atoms with Crippen LogP contribution in [0.15, 0.2) is 59.1 Å². The second kappa shape index (κ2) is 9.76. The fourth-order valence-corrected chi connectivity index (χ4v) is 3.93. The van der Waals surface area contributed by atoms with Crippen molar-refractivity contribution in [2.45, 2.75) is 19.9 Å². The molecule has 1 amide bonds. The first-order chi connectivity index (χ1) is 14.0.